The van der Waals surface area contributed by atoms with Crippen molar-refractivity contribution < 1.29 is 9.90 Å². The molecule has 0 unspecified atom stereocenters. The quantitative estimate of drug-likeness (QED) is 0.760. The van der Waals surface area contributed by atoms with Crippen LogP contribution in [0.3, 0.4) is 0 Å². The van der Waals surface area contributed by atoms with Gasteiger partial charge in [-0.3, -0.25) is 0 Å². The number of para-hydroxylation sites is 1. The lowest BCUT2D eigenvalue weighted by Crippen LogP contribution is -1.95. The second-order valence-corrected chi connectivity index (χ2v) is 4.77. The molecule has 0 fully saturated rings. The van der Waals surface area contributed by atoms with Crippen molar-refractivity contribution in [3.8, 4) is 11.3 Å². The molecule has 0 aliphatic rings. The number of carbonyl (C=O) groups is 1. The summed E-state index contributed by atoms with van der Waals surface area (Å²) in [6.45, 7) is 0. The highest BCUT2D eigenvalue weighted by molar-refractivity contribution is 7.12. The monoisotopic (exact) mass is 255 g/mol. The fraction of sp³-hybridized carbons (Fsp3) is 0. The summed E-state index contributed by atoms with van der Waals surface area (Å²) >= 11 is 1.22. The van der Waals surface area contributed by atoms with Gasteiger partial charge < -0.3 is 5.11 Å². The highest BCUT2D eigenvalue weighted by Crippen LogP contribution is 2.28. The van der Waals surface area contributed by atoms with Crippen molar-refractivity contribution in [2.24, 2.45) is 0 Å². The average Bonchev–Trinajstić information content (AvgIpc) is 2.87. The molecule has 3 rings (SSSR count). The fourth-order valence-electron chi connectivity index (χ4n) is 1.89. The molecule has 18 heavy (non-hydrogen) atoms. The van der Waals surface area contributed by atoms with Gasteiger partial charge in [0.05, 0.1) is 11.2 Å². The zero-order chi connectivity index (χ0) is 12.5. The zero-order valence-corrected chi connectivity index (χ0v) is 10.1. The first-order valence-corrected chi connectivity index (χ1v) is 6.30. The van der Waals surface area contributed by atoms with Gasteiger partial charge in [0.1, 0.15) is 4.88 Å². The number of carboxylic acids is 1. The van der Waals surface area contributed by atoms with Gasteiger partial charge >= 0.3 is 5.97 Å². The van der Waals surface area contributed by atoms with E-state index >= 15 is 0 Å². The summed E-state index contributed by atoms with van der Waals surface area (Å²) < 4.78 is 0. The number of rotatable bonds is 2. The first kappa shape index (κ1) is 10.9. The second kappa shape index (κ2) is 4.23. The maximum atomic E-state index is 11.1. The van der Waals surface area contributed by atoms with Gasteiger partial charge in [0.25, 0.3) is 0 Å². The molecule has 0 aliphatic carbocycles. The first-order valence-electron chi connectivity index (χ1n) is 5.42. The van der Waals surface area contributed by atoms with Crippen molar-refractivity contribution in [3.05, 3.63) is 52.7 Å². The zero-order valence-electron chi connectivity index (χ0n) is 9.33. The van der Waals surface area contributed by atoms with E-state index in [4.69, 9.17) is 5.11 Å². The predicted octanol–water partition coefficient (Wildman–Crippen LogP) is 3.66. The van der Waals surface area contributed by atoms with Crippen molar-refractivity contribution in [3.63, 3.8) is 0 Å². The third kappa shape index (κ3) is 1.76. The van der Waals surface area contributed by atoms with Crippen molar-refractivity contribution in [1.82, 2.24) is 4.98 Å². The predicted molar refractivity (Wildman–Crippen MR) is 72.0 cm³/mol. The molecule has 3 aromatic rings. The number of pyridine rings is 1. The number of thiophene rings is 1. The Balaban J connectivity index is 2.19. The van der Waals surface area contributed by atoms with Gasteiger partial charge in [-0.05, 0) is 23.6 Å². The van der Waals surface area contributed by atoms with Crippen LogP contribution in [0.2, 0.25) is 0 Å². The molecule has 2 heterocycles. The Hall–Kier alpha value is -2.20. The van der Waals surface area contributed by atoms with Crippen molar-refractivity contribution >= 4 is 28.2 Å². The molecule has 0 aliphatic heterocycles. The van der Waals surface area contributed by atoms with Gasteiger partial charge in [-0.1, -0.05) is 24.3 Å². The van der Waals surface area contributed by atoms with Crippen molar-refractivity contribution in [2.75, 3.05) is 0 Å². The van der Waals surface area contributed by atoms with Crippen LogP contribution < -0.4 is 0 Å². The van der Waals surface area contributed by atoms with Gasteiger partial charge in [-0.25, -0.2) is 9.78 Å². The van der Waals surface area contributed by atoms with Crippen LogP contribution in [-0.2, 0) is 0 Å². The van der Waals surface area contributed by atoms with Gasteiger partial charge in [0, 0.05) is 10.9 Å². The number of fused-ring (bicyclic) bond motifs is 1. The van der Waals surface area contributed by atoms with E-state index in [1.54, 1.807) is 11.4 Å². The molecule has 88 valence electrons. The van der Waals surface area contributed by atoms with Crippen LogP contribution in [0.15, 0.2) is 47.8 Å². The summed E-state index contributed by atoms with van der Waals surface area (Å²) in [7, 11) is 0. The number of carboxylic acid groups (broad SMARTS) is 1. The average molecular weight is 255 g/mol. The van der Waals surface area contributed by atoms with Gasteiger partial charge in [0.15, 0.2) is 0 Å². The Morgan fingerprint density at radius 1 is 1.11 bits per heavy atom. The number of aromatic nitrogens is 1. The molecule has 1 N–H and O–H groups in total. The van der Waals surface area contributed by atoms with E-state index in [9.17, 15) is 4.79 Å². The maximum Gasteiger partial charge on any atom is 0.346 e. The van der Waals surface area contributed by atoms with Crippen LogP contribution in [0.4, 0.5) is 0 Å². The molecule has 0 bridgehead atoms. The normalized spacial score (nSPS) is 10.7. The van der Waals surface area contributed by atoms with E-state index < -0.39 is 5.97 Å². The Morgan fingerprint density at radius 2 is 1.94 bits per heavy atom. The lowest BCUT2D eigenvalue weighted by molar-refractivity contribution is 0.0703. The number of benzene rings is 1. The Kier molecular flexibility index (Phi) is 2.57. The summed E-state index contributed by atoms with van der Waals surface area (Å²) in [4.78, 5) is 15.9. The van der Waals surface area contributed by atoms with E-state index in [1.807, 2.05) is 36.4 Å². The van der Waals surface area contributed by atoms with E-state index in [2.05, 4.69) is 4.98 Å². The van der Waals surface area contributed by atoms with Gasteiger partial charge in [0.2, 0.25) is 0 Å². The van der Waals surface area contributed by atoms with Crippen LogP contribution >= 0.6 is 11.3 Å². The SMILES string of the molecule is O=C(O)c1sccc1-c1ccc2ccccc2n1. The van der Waals surface area contributed by atoms with Gasteiger partial charge in [-0.15, -0.1) is 11.3 Å². The minimum atomic E-state index is -0.907. The van der Waals surface area contributed by atoms with Crippen LogP contribution in [0.25, 0.3) is 22.2 Å². The van der Waals surface area contributed by atoms with Crippen LogP contribution in [0.1, 0.15) is 9.67 Å². The number of hydrogen-bond donors (Lipinski definition) is 1. The van der Waals surface area contributed by atoms with Crippen LogP contribution in [-0.4, -0.2) is 16.1 Å². The molecule has 1 aromatic carbocycles. The Labute approximate surface area is 107 Å². The molecule has 0 saturated carbocycles. The summed E-state index contributed by atoms with van der Waals surface area (Å²) in [5, 5.41) is 11.9. The lowest BCUT2D eigenvalue weighted by atomic mass is 10.1. The lowest BCUT2D eigenvalue weighted by Gasteiger charge is -2.02. The van der Waals surface area contributed by atoms with Crippen molar-refractivity contribution in [1.29, 1.82) is 0 Å². The van der Waals surface area contributed by atoms with E-state index in [1.165, 1.54) is 11.3 Å². The molecular weight excluding hydrogens is 246 g/mol. The molecule has 0 spiro atoms. The minimum absolute atomic E-state index is 0.331. The number of nitrogens with zero attached hydrogens (tertiary/aromatic N) is 1. The van der Waals surface area contributed by atoms with Crippen LogP contribution in [0, 0.1) is 0 Å². The molecule has 4 heteroatoms. The molecule has 2 aromatic heterocycles. The Bertz CT molecular complexity index is 733. The molecule has 0 radical (unpaired) electrons. The van der Waals surface area contributed by atoms with E-state index in [-0.39, 0.29) is 0 Å². The largest absolute Gasteiger partial charge is 0.477 e. The van der Waals surface area contributed by atoms with Crippen LogP contribution in [0.5, 0.6) is 0 Å². The highest BCUT2D eigenvalue weighted by atomic mass is 32.1. The third-order valence-corrected chi connectivity index (χ3v) is 3.64. The first-order chi connectivity index (χ1) is 8.75. The molecule has 0 amide bonds. The van der Waals surface area contributed by atoms with Crippen molar-refractivity contribution in [2.45, 2.75) is 0 Å². The van der Waals surface area contributed by atoms with E-state index in [0.29, 0.717) is 16.1 Å². The fourth-order valence-corrected chi connectivity index (χ4v) is 2.63. The number of hydrogen-bond acceptors (Lipinski definition) is 3. The molecule has 3 nitrogen and oxygen atoms in total. The Morgan fingerprint density at radius 3 is 2.78 bits per heavy atom. The summed E-state index contributed by atoms with van der Waals surface area (Å²) in [6.07, 6.45) is 0. The van der Waals surface area contributed by atoms with Gasteiger partial charge in [-0.2, -0.15) is 0 Å². The smallest absolute Gasteiger partial charge is 0.346 e. The standard InChI is InChI=1S/C14H9NO2S/c16-14(17)13-10(7-8-18-13)12-6-5-9-3-1-2-4-11(9)15-12/h1-8H,(H,16,17). The summed E-state index contributed by atoms with van der Waals surface area (Å²) in [6, 6.07) is 13.4. The topological polar surface area (TPSA) is 50.2 Å². The van der Waals surface area contributed by atoms with E-state index in [0.717, 1.165) is 10.9 Å². The summed E-state index contributed by atoms with van der Waals surface area (Å²) in [5.41, 5.74) is 2.25. The molecule has 0 saturated heterocycles. The third-order valence-electron chi connectivity index (χ3n) is 2.73. The highest BCUT2D eigenvalue weighted by Gasteiger charge is 2.14. The molecule has 0 atom stereocenters. The second-order valence-electron chi connectivity index (χ2n) is 3.86. The summed E-state index contributed by atoms with van der Waals surface area (Å²) in [5.74, 6) is -0.907. The molecular formula is C14H9NO2S. The minimum Gasteiger partial charge on any atom is -0.477 e. The number of aromatic carboxylic acids is 1. The maximum absolute atomic E-state index is 11.1.